The Morgan fingerprint density at radius 1 is 1.48 bits per heavy atom. The first-order valence-corrected chi connectivity index (χ1v) is 7.07. The van der Waals surface area contributed by atoms with Crippen molar-refractivity contribution in [3.8, 4) is 5.75 Å². The number of oxime groups is 1. The van der Waals surface area contributed by atoms with Crippen LogP contribution >= 0.6 is 0 Å². The summed E-state index contributed by atoms with van der Waals surface area (Å²) in [5.41, 5.74) is 5.84. The lowest BCUT2D eigenvalue weighted by Crippen LogP contribution is -2.57. The maximum absolute atomic E-state index is 12.6. The van der Waals surface area contributed by atoms with Crippen molar-refractivity contribution >= 4 is 11.7 Å². The molecule has 1 aromatic rings. The van der Waals surface area contributed by atoms with Gasteiger partial charge in [-0.25, -0.2) is 0 Å². The lowest BCUT2D eigenvalue weighted by Gasteiger charge is -2.44. The predicted octanol–water partition coefficient (Wildman–Crippen LogP) is 1.40. The molecule has 1 amide bonds. The largest absolute Gasteiger partial charge is 0.491 e. The van der Waals surface area contributed by atoms with Gasteiger partial charge in [0.05, 0.1) is 6.04 Å². The summed E-state index contributed by atoms with van der Waals surface area (Å²) in [6.45, 7) is 2.46. The third-order valence-electron chi connectivity index (χ3n) is 4.43. The van der Waals surface area contributed by atoms with Gasteiger partial charge in [0.2, 0.25) is 5.91 Å². The third-order valence-corrected chi connectivity index (χ3v) is 4.43. The van der Waals surface area contributed by atoms with Crippen LogP contribution in [-0.2, 0) is 4.79 Å². The van der Waals surface area contributed by atoms with Crippen LogP contribution in [0.2, 0.25) is 0 Å². The number of amidine groups is 1. The lowest BCUT2D eigenvalue weighted by molar-refractivity contribution is -0.134. The Balaban J connectivity index is 1.78. The summed E-state index contributed by atoms with van der Waals surface area (Å²) in [5, 5.41) is 15.0. The molecule has 0 radical (unpaired) electrons. The number of rotatable bonds is 3. The molecule has 0 spiro atoms. The van der Waals surface area contributed by atoms with Gasteiger partial charge in [0, 0.05) is 5.56 Å². The van der Waals surface area contributed by atoms with E-state index in [0.717, 1.165) is 11.3 Å². The number of nitrogens with one attached hydrogen (secondary N) is 1. The van der Waals surface area contributed by atoms with E-state index in [1.54, 1.807) is 0 Å². The summed E-state index contributed by atoms with van der Waals surface area (Å²) >= 11 is 0. The van der Waals surface area contributed by atoms with Crippen molar-refractivity contribution in [2.24, 2.45) is 22.2 Å². The average Bonchev–Trinajstić information content (AvgIpc) is 2.86. The Kier molecular flexibility index (Phi) is 3.23. The number of nitrogens with zero attached hydrogens (tertiary/aromatic N) is 1. The molecule has 1 atom stereocenters. The van der Waals surface area contributed by atoms with Gasteiger partial charge in [-0.1, -0.05) is 30.3 Å². The molecule has 1 unspecified atom stereocenters. The molecule has 0 saturated heterocycles. The average molecular weight is 289 g/mol. The number of para-hydroxylation sites is 1. The van der Waals surface area contributed by atoms with E-state index in [1.807, 2.05) is 31.2 Å². The molecule has 112 valence electrons. The molecule has 1 saturated carbocycles. The van der Waals surface area contributed by atoms with Crippen molar-refractivity contribution in [3.05, 3.63) is 29.8 Å². The summed E-state index contributed by atoms with van der Waals surface area (Å²) in [6, 6.07) is 7.44. The number of carbonyl (C=O) groups is 1. The molecular formula is C15H19N3O3. The number of carbonyl (C=O) groups excluding carboxylic acids is 1. The molecular weight excluding hydrogens is 270 g/mol. The fraction of sp³-hybridized carbons (Fsp3) is 0.467. The molecule has 3 rings (SSSR count). The van der Waals surface area contributed by atoms with Crippen molar-refractivity contribution in [3.63, 3.8) is 0 Å². The van der Waals surface area contributed by atoms with Crippen LogP contribution in [0.3, 0.4) is 0 Å². The topological polar surface area (TPSA) is 96.9 Å². The second-order valence-corrected chi connectivity index (χ2v) is 5.96. The number of hydrogen-bond donors (Lipinski definition) is 3. The summed E-state index contributed by atoms with van der Waals surface area (Å²) < 4.78 is 5.56. The Bertz CT molecular complexity index is 594. The molecule has 1 aromatic carbocycles. The highest BCUT2D eigenvalue weighted by Crippen LogP contribution is 2.46. The van der Waals surface area contributed by atoms with Crippen molar-refractivity contribution in [2.75, 3.05) is 6.61 Å². The van der Waals surface area contributed by atoms with Gasteiger partial charge >= 0.3 is 0 Å². The van der Waals surface area contributed by atoms with Gasteiger partial charge in [0.1, 0.15) is 17.8 Å². The zero-order chi connectivity index (χ0) is 15.0. The molecule has 1 fully saturated rings. The Labute approximate surface area is 123 Å². The minimum Gasteiger partial charge on any atom is -0.491 e. The van der Waals surface area contributed by atoms with Crippen LogP contribution in [0.15, 0.2) is 29.4 Å². The van der Waals surface area contributed by atoms with E-state index >= 15 is 0 Å². The zero-order valence-electron chi connectivity index (χ0n) is 11.9. The van der Waals surface area contributed by atoms with Crippen molar-refractivity contribution < 1.29 is 14.7 Å². The number of ether oxygens (including phenoxy) is 1. The summed E-state index contributed by atoms with van der Waals surface area (Å²) in [4.78, 5) is 12.6. The zero-order valence-corrected chi connectivity index (χ0v) is 11.9. The summed E-state index contributed by atoms with van der Waals surface area (Å²) in [7, 11) is 0. The molecule has 0 bridgehead atoms. The second-order valence-electron chi connectivity index (χ2n) is 5.96. The summed E-state index contributed by atoms with van der Waals surface area (Å²) in [5.74, 6) is 0.984. The van der Waals surface area contributed by atoms with Crippen LogP contribution < -0.4 is 15.8 Å². The number of amides is 1. The molecule has 1 heterocycles. The molecule has 21 heavy (non-hydrogen) atoms. The molecule has 4 N–H and O–H groups in total. The van der Waals surface area contributed by atoms with Crippen LogP contribution in [0.1, 0.15) is 31.4 Å². The first-order chi connectivity index (χ1) is 10.1. The highest BCUT2D eigenvalue weighted by Gasteiger charge is 2.52. The van der Waals surface area contributed by atoms with Gasteiger partial charge in [-0.2, -0.15) is 0 Å². The van der Waals surface area contributed by atoms with E-state index in [1.165, 1.54) is 0 Å². The van der Waals surface area contributed by atoms with Crippen LogP contribution in [0, 0.1) is 11.3 Å². The molecule has 6 nitrogen and oxygen atoms in total. The smallest absolute Gasteiger partial charge is 0.234 e. The standard InChI is InChI=1S/C15H19N3O3/c1-9-6-15(7-9,13(16)18-20)14(19)17-11-8-21-12-5-3-2-4-10(11)12/h2-5,9,11,20H,6-8H2,1H3,(H2,16,18)(H,17,19). The molecule has 0 aromatic heterocycles. The molecule has 6 heteroatoms. The highest BCUT2D eigenvalue weighted by atomic mass is 16.5. The molecule has 1 aliphatic carbocycles. The maximum Gasteiger partial charge on any atom is 0.234 e. The minimum atomic E-state index is -0.883. The fourth-order valence-corrected chi connectivity index (χ4v) is 3.32. The van der Waals surface area contributed by atoms with E-state index < -0.39 is 5.41 Å². The van der Waals surface area contributed by atoms with Crippen LogP contribution in [0.25, 0.3) is 0 Å². The minimum absolute atomic E-state index is 0.00898. The van der Waals surface area contributed by atoms with Crippen molar-refractivity contribution in [1.82, 2.24) is 5.32 Å². The second kappa shape index (κ2) is 4.95. The normalized spacial score (nSPS) is 31.0. The van der Waals surface area contributed by atoms with E-state index in [4.69, 9.17) is 15.7 Å². The van der Waals surface area contributed by atoms with Gasteiger partial charge in [-0.3, -0.25) is 4.79 Å². The molecule has 2 aliphatic rings. The predicted molar refractivity (Wildman–Crippen MR) is 77.1 cm³/mol. The Morgan fingerprint density at radius 3 is 2.86 bits per heavy atom. The van der Waals surface area contributed by atoms with E-state index in [-0.39, 0.29) is 17.8 Å². The van der Waals surface area contributed by atoms with Crippen molar-refractivity contribution in [1.29, 1.82) is 0 Å². The first kappa shape index (κ1) is 13.7. The van der Waals surface area contributed by atoms with E-state index in [0.29, 0.717) is 25.4 Å². The summed E-state index contributed by atoms with van der Waals surface area (Å²) in [6.07, 6.45) is 1.20. The molecule has 1 aliphatic heterocycles. The Hall–Kier alpha value is -2.24. The number of nitrogens with two attached hydrogens (primary N) is 1. The van der Waals surface area contributed by atoms with Crippen molar-refractivity contribution in [2.45, 2.75) is 25.8 Å². The SMILES string of the molecule is CC1CC(C(=O)NC2COc3ccccc32)(/C(N)=N/O)C1. The fourth-order valence-electron chi connectivity index (χ4n) is 3.32. The lowest BCUT2D eigenvalue weighted by atomic mass is 9.61. The maximum atomic E-state index is 12.6. The monoisotopic (exact) mass is 289 g/mol. The number of fused-ring (bicyclic) bond motifs is 1. The van der Waals surface area contributed by atoms with Gasteiger partial charge in [-0.05, 0) is 24.8 Å². The van der Waals surface area contributed by atoms with Gasteiger partial charge in [0.15, 0.2) is 5.84 Å². The van der Waals surface area contributed by atoms with Gasteiger partial charge in [0.25, 0.3) is 0 Å². The van der Waals surface area contributed by atoms with E-state index in [9.17, 15) is 4.79 Å². The van der Waals surface area contributed by atoms with Crippen LogP contribution in [-0.4, -0.2) is 23.6 Å². The highest BCUT2D eigenvalue weighted by molar-refractivity contribution is 6.07. The third kappa shape index (κ3) is 2.11. The number of hydrogen-bond acceptors (Lipinski definition) is 4. The van der Waals surface area contributed by atoms with Crippen LogP contribution in [0.5, 0.6) is 5.75 Å². The first-order valence-electron chi connectivity index (χ1n) is 7.07. The quantitative estimate of drug-likeness (QED) is 0.339. The Morgan fingerprint density at radius 2 is 2.19 bits per heavy atom. The number of benzene rings is 1. The van der Waals surface area contributed by atoms with Crippen LogP contribution in [0.4, 0.5) is 0 Å². The van der Waals surface area contributed by atoms with E-state index in [2.05, 4.69) is 10.5 Å². The van der Waals surface area contributed by atoms with Gasteiger partial charge in [-0.15, -0.1) is 0 Å². The van der Waals surface area contributed by atoms with Gasteiger partial charge < -0.3 is 21.0 Å².